The lowest BCUT2D eigenvalue weighted by Crippen LogP contribution is -2.09. The van der Waals surface area contributed by atoms with Crippen LogP contribution in [0.4, 0.5) is 0 Å². The fraction of sp³-hybridized carbons (Fsp3) is 0.556. The van der Waals surface area contributed by atoms with Crippen molar-refractivity contribution in [1.29, 1.82) is 0 Å². The molecule has 4 nitrogen and oxygen atoms in total. The number of carbonyl (C=O) groups excluding carboxylic acids is 1. The van der Waals surface area contributed by atoms with Crippen LogP contribution in [0, 0.1) is 0 Å². The fourth-order valence-corrected chi connectivity index (χ4v) is 1.19. The van der Waals surface area contributed by atoms with Gasteiger partial charge >= 0.3 is 0 Å². The summed E-state index contributed by atoms with van der Waals surface area (Å²) in [6.45, 7) is 0.971. The van der Waals surface area contributed by atoms with Crippen LogP contribution >= 0.6 is 0 Å². The summed E-state index contributed by atoms with van der Waals surface area (Å²) in [4.78, 5) is 14.3. The number of aryl methyl sites for hydroxylation is 1. The Balaban J connectivity index is 1.99. The molecule has 13 heavy (non-hydrogen) atoms. The van der Waals surface area contributed by atoms with Gasteiger partial charge in [0.1, 0.15) is 0 Å². The van der Waals surface area contributed by atoms with Crippen molar-refractivity contribution in [1.82, 2.24) is 9.55 Å². The Kier molecular flexibility index (Phi) is 4.02. The van der Waals surface area contributed by atoms with Gasteiger partial charge in [0.2, 0.25) is 5.91 Å². The fourth-order valence-electron chi connectivity index (χ4n) is 1.19. The number of hydrogen-bond acceptors (Lipinski definition) is 2. The van der Waals surface area contributed by atoms with Crippen molar-refractivity contribution >= 4 is 5.91 Å². The Bertz CT molecular complexity index is 243. The number of imidazole rings is 1. The second-order valence-electron chi connectivity index (χ2n) is 3.08. The molecule has 4 heteroatoms. The molecule has 1 amide bonds. The molecular formula is C9H15N3O. The van der Waals surface area contributed by atoms with E-state index in [0.29, 0.717) is 6.42 Å². The Morgan fingerprint density at radius 2 is 2.23 bits per heavy atom. The summed E-state index contributed by atoms with van der Waals surface area (Å²) in [6.07, 6.45) is 9.02. The van der Waals surface area contributed by atoms with Gasteiger partial charge in [0.25, 0.3) is 0 Å². The molecule has 0 saturated heterocycles. The highest BCUT2D eigenvalue weighted by molar-refractivity contribution is 5.73. The number of rotatable bonds is 6. The van der Waals surface area contributed by atoms with E-state index in [1.165, 1.54) is 0 Å². The van der Waals surface area contributed by atoms with Crippen LogP contribution in [0.25, 0.3) is 0 Å². The molecule has 1 rings (SSSR count). The zero-order valence-electron chi connectivity index (χ0n) is 7.65. The van der Waals surface area contributed by atoms with Gasteiger partial charge in [0.05, 0.1) is 6.33 Å². The third-order valence-electron chi connectivity index (χ3n) is 1.90. The quantitative estimate of drug-likeness (QED) is 0.663. The number of carbonyl (C=O) groups is 1. The van der Waals surface area contributed by atoms with Crippen LogP contribution in [-0.2, 0) is 11.3 Å². The Hall–Kier alpha value is -1.32. The average Bonchev–Trinajstić information content (AvgIpc) is 2.55. The molecule has 72 valence electrons. The van der Waals surface area contributed by atoms with E-state index >= 15 is 0 Å². The molecule has 0 radical (unpaired) electrons. The van der Waals surface area contributed by atoms with Gasteiger partial charge in [-0.25, -0.2) is 4.98 Å². The Morgan fingerprint density at radius 3 is 2.85 bits per heavy atom. The van der Waals surface area contributed by atoms with Crippen molar-refractivity contribution in [3.8, 4) is 0 Å². The first-order valence-electron chi connectivity index (χ1n) is 4.53. The minimum atomic E-state index is -0.206. The molecular weight excluding hydrogens is 166 g/mol. The third-order valence-corrected chi connectivity index (χ3v) is 1.90. The molecule has 1 heterocycles. The maximum Gasteiger partial charge on any atom is 0.217 e. The number of hydrogen-bond donors (Lipinski definition) is 1. The predicted molar refractivity (Wildman–Crippen MR) is 49.9 cm³/mol. The molecule has 0 aliphatic rings. The van der Waals surface area contributed by atoms with Crippen molar-refractivity contribution in [2.45, 2.75) is 32.2 Å². The standard InChI is InChI=1S/C9H15N3O/c10-9(13)4-2-1-3-6-12-7-5-11-8-12/h5,7-8H,1-4,6H2,(H2,10,13). The van der Waals surface area contributed by atoms with Gasteiger partial charge in [-0.15, -0.1) is 0 Å². The zero-order valence-corrected chi connectivity index (χ0v) is 7.65. The topological polar surface area (TPSA) is 60.9 Å². The van der Waals surface area contributed by atoms with Gasteiger partial charge in [-0.3, -0.25) is 4.79 Å². The lowest BCUT2D eigenvalue weighted by Gasteiger charge is -2.00. The summed E-state index contributed by atoms with van der Waals surface area (Å²) in [7, 11) is 0. The summed E-state index contributed by atoms with van der Waals surface area (Å²) < 4.78 is 2.03. The van der Waals surface area contributed by atoms with Gasteiger partial charge in [0.15, 0.2) is 0 Å². The zero-order chi connectivity index (χ0) is 9.52. The lowest BCUT2D eigenvalue weighted by molar-refractivity contribution is -0.118. The highest BCUT2D eigenvalue weighted by atomic mass is 16.1. The van der Waals surface area contributed by atoms with E-state index in [2.05, 4.69) is 4.98 Å². The van der Waals surface area contributed by atoms with Gasteiger partial charge in [-0.05, 0) is 12.8 Å². The maximum atomic E-state index is 10.4. The molecule has 1 aromatic rings. The van der Waals surface area contributed by atoms with E-state index in [0.717, 1.165) is 25.8 Å². The molecule has 0 fully saturated rings. The first kappa shape index (κ1) is 9.77. The number of nitrogens with zero attached hydrogens (tertiary/aromatic N) is 2. The first-order chi connectivity index (χ1) is 6.29. The van der Waals surface area contributed by atoms with E-state index < -0.39 is 0 Å². The molecule has 0 aliphatic carbocycles. The molecule has 0 bridgehead atoms. The SMILES string of the molecule is NC(=O)CCCCCn1ccnc1. The van der Waals surface area contributed by atoms with Gasteiger partial charge in [-0.1, -0.05) is 6.42 Å². The second kappa shape index (κ2) is 5.35. The summed E-state index contributed by atoms with van der Waals surface area (Å²) >= 11 is 0. The second-order valence-corrected chi connectivity index (χ2v) is 3.08. The maximum absolute atomic E-state index is 10.4. The third kappa shape index (κ3) is 4.30. The van der Waals surface area contributed by atoms with E-state index in [1.54, 1.807) is 12.5 Å². The van der Waals surface area contributed by atoms with Gasteiger partial charge < -0.3 is 10.3 Å². The summed E-state index contributed by atoms with van der Waals surface area (Å²) in [5, 5.41) is 0. The average molecular weight is 181 g/mol. The van der Waals surface area contributed by atoms with Crippen LogP contribution in [0.15, 0.2) is 18.7 Å². The smallest absolute Gasteiger partial charge is 0.217 e. The monoisotopic (exact) mass is 181 g/mol. The summed E-state index contributed by atoms with van der Waals surface area (Å²) in [5.74, 6) is -0.206. The molecule has 0 unspecified atom stereocenters. The van der Waals surface area contributed by atoms with Crippen molar-refractivity contribution in [2.75, 3.05) is 0 Å². The van der Waals surface area contributed by atoms with Crippen molar-refractivity contribution in [3.63, 3.8) is 0 Å². The van der Waals surface area contributed by atoms with E-state index in [-0.39, 0.29) is 5.91 Å². The molecule has 0 aromatic carbocycles. The number of unbranched alkanes of at least 4 members (excludes halogenated alkanes) is 2. The van der Waals surface area contributed by atoms with Crippen molar-refractivity contribution in [2.24, 2.45) is 5.73 Å². The van der Waals surface area contributed by atoms with E-state index in [4.69, 9.17) is 5.73 Å². The molecule has 1 aromatic heterocycles. The van der Waals surface area contributed by atoms with Crippen LogP contribution in [0.1, 0.15) is 25.7 Å². The van der Waals surface area contributed by atoms with E-state index in [9.17, 15) is 4.79 Å². The van der Waals surface area contributed by atoms with Crippen molar-refractivity contribution in [3.05, 3.63) is 18.7 Å². The number of amides is 1. The Labute approximate surface area is 77.8 Å². The summed E-state index contributed by atoms with van der Waals surface area (Å²) in [5.41, 5.74) is 5.02. The van der Waals surface area contributed by atoms with Crippen LogP contribution in [-0.4, -0.2) is 15.5 Å². The van der Waals surface area contributed by atoms with Crippen LogP contribution in [0.5, 0.6) is 0 Å². The van der Waals surface area contributed by atoms with Crippen LogP contribution in [0.3, 0.4) is 0 Å². The molecule has 0 aliphatic heterocycles. The van der Waals surface area contributed by atoms with E-state index in [1.807, 2.05) is 10.8 Å². The van der Waals surface area contributed by atoms with Crippen LogP contribution < -0.4 is 5.73 Å². The normalized spacial score (nSPS) is 10.2. The minimum Gasteiger partial charge on any atom is -0.370 e. The molecule has 0 saturated carbocycles. The molecule has 0 spiro atoms. The minimum absolute atomic E-state index is 0.206. The predicted octanol–water partition coefficient (Wildman–Crippen LogP) is 0.929. The van der Waals surface area contributed by atoms with Crippen molar-refractivity contribution < 1.29 is 4.79 Å². The highest BCUT2D eigenvalue weighted by Crippen LogP contribution is 2.01. The molecule has 2 N–H and O–H groups in total. The number of primary amides is 1. The first-order valence-corrected chi connectivity index (χ1v) is 4.53. The Morgan fingerprint density at radius 1 is 1.38 bits per heavy atom. The van der Waals surface area contributed by atoms with Gasteiger partial charge in [-0.2, -0.15) is 0 Å². The lowest BCUT2D eigenvalue weighted by atomic mass is 10.2. The number of nitrogens with two attached hydrogens (primary N) is 1. The van der Waals surface area contributed by atoms with Gasteiger partial charge in [0, 0.05) is 25.4 Å². The largest absolute Gasteiger partial charge is 0.370 e. The summed E-state index contributed by atoms with van der Waals surface area (Å²) in [6, 6.07) is 0. The molecule has 0 atom stereocenters. The van der Waals surface area contributed by atoms with Crippen LogP contribution in [0.2, 0.25) is 0 Å². The highest BCUT2D eigenvalue weighted by Gasteiger charge is 1.94. The number of aromatic nitrogens is 2.